The average molecular weight is 477 g/mol. The van der Waals surface area contributed by atoms with Gasteiger partial charge in [-0.1, -0.05) is 54.6 Å². The first-order valence-corrected chi connectivity index (χ1v) is 11.6. The average Bonchev–Trinajstić information content (AvgIpc) is 3.32. The van der Waals surface area contributed by atoms with E-state index in [2.05, 4.69) is 17.1 Å². The fourth-order valence-electron chi connectivity index (χ4n) is 4.16. The topological polar surface area (TPSA) is 69.9 Å². The Balaban J connectivity index is 1.56. The summed E-state index contributed by atoms with van der Waals surface area (Å²) in [5.74, 6) is -0.0614. The summed E-state index contributed by atoms with van der Waals surface area (Å²) in [5.41, 5.74) is 5.50. The minimum absolute atomic E-state index is 0.232. The molecule has 0 bridgehead atoms. The van der Waals surface area contributed by atoms with Crippen molar-refractivity contribution >= 4 is 17.3 Å². The number of aromatic nitrogens is 2. The molecule has 0 aliphatic rings. The summed E-state index contributed by atoms with van der Waals surface area (Å²) in [5, 5.41) is 0. The van der Waals surface area contributed by atoms with Gasteiger partial charge in [0.05, 0.1) is 36.2 Å². The van der Waals surface area contributed by atoms with Crippen molar-refractivity contribution in [2.75, 3.05) is 13.7 Å². The van der Waals surface area contributed by atoms with Crippen molar-refractivity contribution in [1.29, 1.82) is 0 Å². The van der Waals surface area contributed by atoms with E-state index >= 15 is 0 Å². The molecule has 5 rings (SSSR count). The quantitative estimate of drug-likeness (QED) is 0.210. The van der Waals surface area contributed by atoms with Crippen molar-refractivity contribution in [2.45, 2.75) is 6.92 Å². The van der Waals surface area contributed by atoms with Crippen LogP contribution in [0.4, 0.5) is 0 Å². The monoisotopic (exact) mass is 476 g/mol. The Bertz CT molecular complexity index is 1540. The number of nitrogens with zero attached hydrogens (tertiary/aromatic N) is 2. The highest BCUT2D eigenvalue weighted by Gasteiger charge is 2.22. The van der Waals surface area contributed by atoms with Crippen LogP contribution in [0.2, 0.25) is 0 Å². The van der Waals surface area contributed by atoms with E-state index in [1.807, 2.05) is 48.5 Å². The van der Waals surface area contributed by atoms with E-state index in [4.69, 9.17) is 9.47 Å². The second kappa shape index (κ2) is 9.88. The van der Waals surface area contributed by atoms with E-state index in [-0.39, 0.29) is 12.4 Å². The highest BCUT2D eigenvalue weighted by Crippen LogP contribution is 2.27. The molecule has 0 amide bonds. The zero-order valence-electron chi connectivity index (χ0n) is 20.0. The number of esters is 1. The highest BCUT2D eigenvalue weighted by molar-refractivity contribution is 6.11. The molecule has 0 aliphatic carbocycles. The predicted octanol–water partition coefficient (Wildman–Crippen LogP) is 6.08. The number of benzene rings is 3. The van der Waals surface area contributed by atoms with Gasteiger partial charge >= 0.3 is 5.97 Å². The largest absolute Gasteiger partial charge is 0.497 e. The Morgan fingerprint density at radius 1 is 0.833 bits per heavy atom. The first-order chi connectivity index (χ1) is 17.6. The maximum absolute atomic E-state index is 13.3. The van der Waals surface area contributed by atoms with Gasteiger partial charge < -0.3 is 9.47 Å². The second-order valence-electron chi connectivity index (χ2n) is 8.19. The number of hydrogen-bond acceptors (Lipinski definition) is 5. The zero-order valence-corrected chi connectivity index (χ0v) is 20.0. The molecular formula is C30H24N2O4. The molecule has 5 aromatic rings. The first-order valence-electron chi connectivity index (χ1n) is 11.6. The lowest BCUT2D eigenvalue weighted by Gasteiger charge is -2.07. The molecule has 6 heteroatoms. The van der Waals surface area contributed by atoms with Crippen LogP contribution in [0.25, 0.3) is 27.9 Å². The lowest BCUT2D eigenvalue weighted by atomic mass is 10.0. The molecule has 6 nitrogen and oxygen atoms in total. The third-order valence-electron chi connectivity index (χ3n) is 6.03. The number of ketones is 1. The Morgan fingerprint density at radius 2 is 1.50 bits per heavy atom. The second-order valence-corrected chi connectivity index (χ2v) is 8.19. The zero-order chi connectivity index (χ0) is 25.1. The maximum atomic E-state index is 13.3. The fraction of sp³-hybridized carbons (Fsp3) is 0.100. The molecule has 0 N–H and O–H groups in total. The Hall–Kier alpha value is -4.71. The van der Waals surface area contributed by atoms with Gasteiger partial charge in [-0.05, 0) is 54.4 Å². The standard InChI is InChI=1S/C30H24N2O4/c1-3-36-30(34)25-17-28(29(33)23-13-15-24(35-2)16-14-23)32-19-31-26(18-27(25)32)22-11-9-21(10-12-22)20-7-5-4-6-8-20/h4-19H,3H2,1-2H3. The summed E-state index contributed by atoms with van der Waals surface area (Å²) >= 11 is 0. The lowest BCUT2D eigenvalue weighted by Crippen LogP contribution is -2.05. The summed E-state index contributed by atoms with van der Waals surface area (Å²) in [7, 11) is 1.57. The van der Waals surface area contributed by atoms with E-state index in [1.165, 1.54) is 0 Å². The summed E-state index contributed by atoms with van der Waals surface area (Å²) < 4.78 is 12.1. The molecule has 3 aromatic carbocycles. The number of ether oxygens (including phenoxy) is 2. The number of hydrogen-bond donors (Lipinski definition) is 0. The van der Waals surface area contributed by atoms with Crippen molar-refractivity contribution in [3.8, 4) is 28.1 Å². The van der Waals surface area contributed by atoms with Crippen molar-refractivity contribution in [3.05, 3.63) is 114 Å². The van der Waals surface area contributed by atoms with E-state index in [0.29, 0.717) is 33.8 Å². The number of methoxy groups -OCH3 is 1. The normalized spacial score (nSPS) is 10.8. The molecule has 0 atom stereocenters. The SMILES string of the molecule is CCOC(=O)c1cc(C(=O)c2ccc(OC)cc2)n2cnc(-c3ccc(-c4ccccc4)cc3)cc12. The Kier molecular flexibility index (Phi) is 6.33. The van der Waals surface area contributed by atoms with Gasteiger partial charge in [-0.25, -0.2) is 9.78 Å². The van der Waals surface area contributed by atoms with Gasteiger partial charge in [0.15, 0.2) is 0 Å². The highest BCUT2D eigenvalue weighted by atomic mass is 16.5. The molecule has 0 saturated carbocycles. The summed E-state index contributed by atoms with van der Waals surface area (Å²) in [6, 6.07) is 28.4. The molecule has 2 heterocycles. The van der Waals surface area contributed by atoms with Gasteiger partial charge in [-0.2, -0.15) is 0 Å². The number of rotatable bonds is 7. The Labute approximate surface area is 208 Å². The molecule has 0 spiro atoms. The first kappa shape index (κ1) is 23.1. The van der Waals surface area contributed by atoms with E-state index in [0.717, 1.165) is 16.7 Å². The van der Waals surface area contributed by atoms with Crippen LogP contribution in [0.5, 0.6) is 5.75 Å². The molecule has 0 fully saturated rings. The molecule has 178 valence electrons. The molecule has 0 unspecified atom stereocenters. The van der Waals surface area contributed by atoms with Crippen LogP contribution in [-0.2, 0) is 4.74 Å². The summed E-state index contributed by atoms with van der Waals surface area (Å²) in [4.78, 5) is 30.7. The number of carbonyl (C=O) groups is 2. The number of fused-ring (bicyclic) bond motifs is 1. The van der Waals surface area contributed by atoms with E-state index < -0.39 is 5.97 Å². The van der Waals surface area contributed by atoms with Crippen LogP contribution in [0.15, 0.2) is 97.3 Å². The van der Waals surface area contributed by atoms with E-state index in [9.17, 15) is 9.59 Å². The molecule has 0 radical (unpaired) electrons. The van der Waals surface area contributed by atoms with Crippen molar-refractivity contribution in [3.63, 3.8) is 0 Å². The van der Waals surface area contributed by atoms with Crippen molar-refractivity contribution in [1.82, 2.24) is 9.38 Å². The van der Waals surface area contributed by atoms with Crippen LogP contribution in [-0.4, -0.2) is 34.9 Å². The molecule has 36 heavy (non-hydrogen) atoms. The predicted molar refractivity (Wildman–Crippen MR) is 138 cm³/mol. The molecule has 0 saturated heterocycles. The smallest absolute Gasteiger partial charge is 0.340 e. The summed E-state index contributed by atoms with van der Waals surface area (Å²) in [6.07, 6.45) is 1.58. The van der Waals surface area contributed by atoms with Crippen LogP contribution >= 0.6 is 0 Å². The van der Waals surface area contributed by atoms with Crippen LogP contribution < -0.4 is 4.74 Å². The van der Waals surface area contributed by atoms with E-state index in [1.54, 1.807) is 55.1 Å². The van der Waals surface area contributed by atoms with Gasteiger partial charge in [0.1, 0.15) is 12.1 Å². The minimum atomic E-state index is -0.486. The maximum Gasteiger partial charge on any atom is 0.340 e. The van der Waals surface area contributed by atoms with Gasteiger partial charge in [-0.15, -0.1) is 0 Å². The van der Waals surface area contributed by atoms with Crippen molar-refractivity contribution < 1.29 is 19.1 Å². The molecule has 0 aliphatic heterocycles. The van der Waals surface area contributed by atoms with Gasteiger partial charge in [0.25, 0.3) is 0 Å². The van der Waals surface area contributed by atoms with Crippen molar-refractivity contribution in [2.24, 2.45) is 0 Å². The van der Waals surface area contributed by atoms with Gasteiger partial charge in [-0.3, -0.25) is 9.20 Å². The van der Waals surface area contributed by atoms with Gasteiger partial charge in [0.2, 0.25) is 5.78 Å². The van der Waals surface area contributed by atoms with Crippen LogP contribution in [0, 0.1) is 0 Å². The number of carbonyl (C=O) groups excluding carboxylic acids is 2. The Morgan fingerprint density at radius 3 is 2.17 bits per heavy atom. The van der Waals surface area contributed by atoms with Crippen LogP contribution in [0.1, 0.15) is 33.3 Å². The van der Waals surface area contributed by atoms with Gasteiger partial charge in [0, 0.05) is 11.1 Å². The lowest BCUT2D eigenvalue weighted by molar-refractivity contribution is 0.0529. The third kappa shape index (κ3) is 4.36. The molecular weight excluding hydrogens is 452 g/mol. The molecule has 2 aromatic heterocycles. The minimum Gasteiger partial charge on any atom is -0.497 e. The van der Waals surface area contributed by atoms with Crippen LogP contribution in [0.3, 0.4) is 0 Å². The summed E-state index contributed by atoms with van der Waals surface area (Å²) in [6.45, 7) is 1.98. The fourth-order valence-corrected chi connectivity index (χ4v) is 4.16. The third-order valence-corrected chi connectivity index (χ3v) is 6.03.